The SMILES string of the molecule is CCC(NC(=O)NCc1ccnn1C)c1cc(F)ccc1F. The van der Waals surface area contributed by atoms with Crippen LogP contribution in [0, 0.1) is 11.6 Å². The summed E-state index contributed by atoms with van der Waals surface area (Å²) in [5.74, 6) is -1.08. The van der Waals surface area contributed by atoms with E-state index >= 15 is 0 Å². The summed E-state index contributed by atoms with van der Waals surface area (Å²) < 4.78 is 28.7. The van der Waals surface area contributed by atoms with E-state index in [9.17, 15) is 13.6 Å². The lowest BCUT2D eigenvalue weighted by Crippen LogP contribution is -2.38. The Labute approximate surface area is 127 Å². The number of halogens is 2. The number of amides is 2. The maximum atomic E-state index is 13.8. The summed E-state index contributed by atoms with van der Waals surface area (Å²) in [6, 6.07) is 3.95. The molecule has 1 aromatic carbocycles. The summed E-state index contributed by atoms with van der Waals surface area (Å²) in [4.78, 5) is 11.9. The first-order valence-electron chi connectivity index (χ1n) is 6.97. The first-order chi connectivity index (χ1) is 10.5. The molecule has 2 aromatic rings. The number of nitrogens with one attached hydrogen (secondary N) is 2. The molecule has 2 rings (SSSR count). The molecule has 2 N–H and O–H groups in total. The molecule has 0 bridgehead atoms. The minimum absolute atomic E-state index is 0.137. The molecule has 2 amide bonds. The van der Waals surface area contributed by atoms with E-state index in [1.807, 2.05) is 0 Å². The number of carbonyl (C=O) groups is 1. The van der Waals surface area contributed by atoms with Gasteiger partial charge in [0.05, 0.1) is 18.3 Å². The highest BCUT2D eigenvalue weighted by atomic mass is 19.1. The molecule has 0 spiro atoms. The van der Waals surface area contributed by atoms with Gasteiger partial charge >= 0.3 is 6.03 Å². The highest BCUT2D eigenvalue weighted by Crippen LogP contribution is 2.21. The number of carbonyl (C=O) groups excluding carboxylic acids is 1. The maximum absolute atomic E-state index is 13.8. The van der Waals surface area contributed by atoms with Crippen molar-refractivity contribution in [2.75, 3.05) is 0 Å². The lowest BCUT2D eigenvalue weighted by molar-refractivity contribution is 0.235. The van der Waals surface area contributed by atoms with Gasteiger partial charge in [0.15, 0.2) is 0 Å². The van der Waals surface area contributed by atoms with Gasteiger partial charge in [-0.15, -0.1) is 0 Å². The van der Waals surface area contributed by atoms with Crippen LogP contribution in [0.25, 0.3) is 0 Å². The van der Waals surface area contributed by atoms with Gasteiger partial charge in [-0.05, 0) is 30.7 Å². The third kappa shape index (κ3) is 3.81. The van der Waals surface area contributed by atoms with Gasteiger partial charge in [-0.2, -0.15) is 5.10 Å². The normalized spacial score (nSPS) is 12.0. The van der Waals surface area contributed by atoms with Crippen LogP contribution in [0.5, 0.6) is 0 Å². The first kappa shape index (κ1) is 15.9. The predicted octanol–water partition coefficient (Wildman–Crippen LogP) is 2.65. The number of urea groups is 1. The van der Waals surface area contributed by atoms with Crippen molar-refractivity contribution in [1.82, 2.24) is 20.4 Å². The third-order valence-electron chi connectivity index (χ3n) is 3.40. The third-order valence-corrected chi connectivity index (χ3v) is 3.40. The summed E-state index contributed by atoms with van der Waals surface area (Å²) in [7, 11) is 1.77. The average Bonchev–Trinajstić information content (AvgIpc) is 2.90. The summed E-state index contributed by atoms with van der Waals surface area (Å²) in [5, 5.41) is 9.31. The summed E-state index contributed by atoms with van der Waals surface area (Å²) in [5.41, 5.74) is 0.971. The van der Waals surface area contributed by atoms with Gasteiger partial charge in [-0.3, -0.25) is 4.68 Å². The highest BCUT2D eigenvalue weighted by Gasteiger charge is 2.17. The first-order valence-corrected chi connectivity index (χ1v) is 6.97. The van der Waals surface area contributed by atoms with Crippen LogP contribution in [-0.2, 0) is 13.6 Å². The number of hydrogen-bond donors (Lipinski definition) is 2. The molecule has 0 radical (unpaired) electrons. The summed E-state index contributed by atoms with van der Waals surface area (Å²) >= 11 is 0. The van der Waals surface area contributed by atoms with Gasteiger partial charge in [-0.1, -0.05) is 6.92 Å². The van der Waals surface area contributed by atoms with Gasteiger partial charge in [0.2, 0.25) is 0 Å². The van der Waals surface area contributed by atoms with E-state index in [0.717, 1.165) is 23.9 Å². The number of hydrogen-bond acceptors (Lipinski definition) is 2. The fourth-order valence-corrected chi connectivity index (χ4v) is 2.14. The van der Waals surface area contributed by atoms with Gasteiger partial charge in [0.1, 0.15) is 11.6 Å². The molecule has 1 heterocycles. The zero-order valence-electron chi connectivity index (χ0n) is 12.4. The minimum atomic E-state index is -0.595. The Hall–Kier alpha value is -2.44. The molecule has 0 aliphatic rings. The smallest absolute Gasteiger partial charge is 0.315 e. The lowest BCUT2D eigenvalue weighted by atomic mass is 10.0. The van der Waals surface area contributed by atoms with Crippen molar-refractivity contribution >= 4 is 6.03 Å². The van der Waals surface area contributed by atoms with Crippen molar-refractivity contribution in [3.05, 3.63) is 53.4 Å². The fourth-order valence-electron chi connectivity index (χ4n) is 2.14. The Morgan fingerprint density at radius 3 is 2.77 bits per heavy atom. The standard InChI is InChI=1S/C15H18F2N4O/c1-3-14(12-8-10(16)4-5-13(12)17)20-15(22)18-9-11-6-7-19-21(11)2/h4-8,14H,3,9H2,1-2H3,(H2,18,20,22). The van der Waals surface area contributed by atoms with Crippen molar-refractivity contribution in [2.45, 2.75) is 25.9 Å². The fraction of sp³-hybridized carbons (Fsp3) is 0.333. The number of aryl methyl sites for hydroxylation is 1. The molecule has 7 heteroatoms. The van der Waals surface area contributed by atoms with Gasteiger partial charge in [-0.25, -0.2) is 13.6 Å². The zero-order valence-corrected chi connectivity index (χ0v) is 12.4. The molecule has 1 atom stereocenters. The van der Waals surface area contributed by atoms with Crippen LogP contribution in [0.1, 0.15) is 30.6 Å². The molecule has 0 aliphatic heterocycles. The Balaban J connectivity index is 1.99. The molecule has 1 aromatic heterocycles. The van der Waals surface area contributed by atoms with Crippen molar-refractivity contribution in [3.63, 3.8) is 0 Å². The van der Waals surface area contributed by atoms with Crippen LogP contribution in [0.2, 0.25) is 0 Å². The number of aromatic nitrogens is 2. The molecular formula is C15H18F2N4O. The van der Waals surface area contributed by atoms with Crippen molar-refractivity contribution in [3.8, 4) is 0 Å². The Morgan fingerprint density at radius 1 is 1.36 bits per heavy atom. The Morgan fingerprint density at radius 2 is 2.14 bits per heavy atom. The molecule has 118 valence electrons. The molecule has 0 aliphatic carbocycles. The maximum Gasteiger partial charge on any atom is 0.315 e. The molecule has 0 saturated carbocycles. The van der Waals surface area contributed by atoms with Crippen LogP contribution in [0.4, 0.5) is 13.6 Å². The van der Waals surface area contributed by atoms with Gasteiger partial charge < -0.3 is 10.6 Å². The van der Waals surface area contributed by atoms with Crippen LogP contribution >= 0.6 is 0 Å². The van der Waals surface area contributed by atoms with Crippen LogP contribution in [-0.4, -0.2) is 15.8 Å². The quantitative estimate of drug-likeness (QED) is 0.892. The minimum Gasteiger partial charge on any atom is -0.333 e. The second-order valence-corrected chi connectivity index (χ2v) is 4.90. The van der Waals surface area contributed by atoms with Gasteiger partial charge in [0, 0.05) is 18.8 Å². The summed E-state index contributed by atoms with van der Waals surface area (Å²) in [6.45, 7) is 2.08. The molecule has 1 unspecified atom stereocenters. The Kier molecular flexibility index (Phi) is 5.08. The number of rotatable bonds is 5. The van der Waals surface area contributed by atoms with Crippen molar-refractivity contribution in [1.29, 1.82) is 0 Å². The molecule has 5 nitrogen and oxygen atoms in total. The van der Waals surface area contributed by atoms with Crippen LogP contribution in [0.3, 0.4) is 0 Å². The highest BCUT2D eigenvalue weighted by molar-refractivity contribution is 5.74. The van der Waals surface area contributed by atoms with E-state index < -0.39 is 23.7 Å². The predicted molar refractivity (Wildman–Crippen MR) is 78.0 cm³/mol. The van der Waals surface area contributed by atoms with Gasteiger partial charge in [0.25, 0.3) is 0 Å². The van der Waals surface area contributed by atoms with Crippen molar-refractivity contribution in [2.24, 2.45) is 7.05 Å². The lowest BCUT2D eigenvalue weighted by Gasteiger charge is -2.18. The van der Waals surface area contributed by atoms with E-state index in [4.69, 9.17) is 0 Å². The number of benzene rings is 1. The van der Waals surface area contributed by atoms with E-state index in [2.05, 4.69) is 15.7 Å². The van der Waals surface area contributed by atoms with E-state index in [1.54, 1.807) is 30.9 Å². The second kappa shape index (κ2) is 7.02. The summed E-state index contributed by atoms with van der Waals surface area (Å²) in [6.07, 6.45) is 2.07. The molecule has 0 fully saturated rings. The van der Waals surface area contributed by atoms with Crippen molar-refractivity contribution < 1.29 is 13.6 Å². The van der Waals surface area contributed by atoms with E-state index in [1.165, 1.54) is 0 Å². The van der Waals surface area contributed by atoms with Crippen LogP contribution < -0.4 is 10.6 Å². The van der Waals surface area contributed by atoms with E-state index in [-0.39, 0.29) is 5.56 Å². The topological polar surface area (TPSA) is 59.0 Å². The second-order valence-electron chi connectivity index (χ2n) is 4.90. The molecular weight excluding hydrogens is 290 g/mol. The Bertz CT molecular complexity index is 657. The van der Waals surface area contributed by atoms with E-state index in [0.29, 0.717) is 13.0 Å². The average molecular weight is 308 g/mol. The van der Waals surface area contributed by atoms with Crippen LogP contribution in [0.15, 0.2) is 30.5 Å². The number of nitrogens with zero attached hydrogens (tertiary/aromatic N) is 2. The zero-order chi connectivity index (χ0) is 16.1. The molecule has 22 heavy (non-hydrogen) atoms. The monoisotopic (exact) mass is 308 g/mol. The largest absolute Gasteiger partial charge is 0.333 e. The molecule has 0 saturated heterocycles.